The van der Waals surface area contributed by atoms with Crippen LogP contribution in [-0.4, -0.2) is 51.4 Å². The first kappa shape index (κ1) is 41.1. The third-order valence-corrected chi connectivity index (χ3v) is 18.8. The van der Waals surface area contributed by atoms with Gasteiger partial charge in [-0.3, -0.25) is 9.05 Å². The average molecular weight is 887 g/mol. The fourth-order valence-corrected chi connectivity index (χ4v) is 15.7. The molecule has 0 N–H and O–H groups in total. The van der Waals surface area contributed by atoms with Crippen LogP contribution in [0.25, 0.3) is 43.9 Å². The maximum absolute atomic E-state index is 7.61. The highest BCUT2D eigenvalue weighted by molar-refractivity contribution is 7.32. The maximum atomic E-state index is 7.61. The Morgan fingerprint density at radius 3 is 1.44 bits per heavy atom. The minimum Gasteiger partial charge on any atom is -0.405 e. The van der Waals surface area contributed by atoms with Gasteiger partial charge in [-0.1, -0.05) is 154 Å². The van der Waals surface area contributed by atoms with Crippen molar-refractivity contribution in [3.8, 4) is 0 Å². The first-order valence-corrected chi connectivity index (χ1v) is 24.9. The van der Waals surface area contributed by atoms with E-state index >= 15 is 0 Å². The number of hydrogen-bond acceptors (Lipinski definition) is 10. The van der Waals surface area contributed by atoms with E-state index in [1.54, 1.807) is 0 Å². The van der Waals surface area contributed by atoms with Crippen molar-refractivity contribution in [3.63, 3.8) is 0 Å². The van der Waals surface area contributed by atoms with Gasteiger partial charge in [0.25, 0.3) is 8.32 Å². The Bertz CT molecular complexity index is 2780. The second-order valence-electron chi connectivity index (χ2n) is 17.1. The lowest BCUT2D eigenvalue weighted by Crippen LogP contribution is -2.67. The van der Waals surface area contributed by atoms with Crippen LogP contribution < -0.4 is 19.4 Å². The number of ether oxygens (including phenoxy) is 3. The van der Waals surface area contributed by atoms with Crippen LogP contribution in [0.3, 0.4) is 0 Å². The molecule has 0 spiro atoms. The van der Waals surface area contributed by atoms with Crippen molar-refractivity contribution in [1.29, 1.82) is 0 Å². The van der Waals surface area contributed by atoms with Gasteiger partial charge in [-0.25, -0.2) is 0 Å². The summed E-state index contributed by atoms with van der Waals surface area (Å²) < 4.78 is 68.3. The molecular formula is C49H48O10P2Si. The lowest BCUT2D eigenvalue weighted by Gasteiger charge is -2.44. The van der Waals surface area contributed by atoms with Gasteiger partial charge < -0.3 is 35.4 Å². The van der Waals surface area contributed by atoms with E-state index in [9.17, 15) is 0 Å². The smallest absolute Gasteiger partial charge is 0.387 e. The molecule has 2 saturated heterocycles. The van der Waals surface area contributed by atoms with E-state index in [4.69, 9.17) is 44.5 Å². The van der Waals surface area contributed by atoms with Crippen LogP contribution in [-0.2, 0) is 18.6 Å². The normalized spacial score (nSPS) is 20.5. The van der Waals surface area contributed by atoms with Crippen LogP contribution in [0.15, 0.2) is 175 Å². The zero-order valence-electron chi connectivity index (χ0n) is 35.1. The molecule has 62 heavy (non-hydrogen) atoms. The molecule has 10 rings (SSSR count). The summed E-state index contributed by atoms with van der Waals surface area (Å²) in [6.07, 6.45) is -3.99. The molecule has 0 bridgehead atoms. The summed E-state index contributed by atoms with van der Waals surface area (Å²) in [4.78, 5) is 0. The molecule has 4 heterocycles. The molecule has 5 atom stereocenters. The minimum atomic E-state index is -3.11. The van der Waals surface area contributed by atoms with Gasteiger partial charge in [0, 0.05) is 21.5 Å². The molecule has 2 aliphatic rings. The molecule has 10 nitrogen and oxygen atoms in total. The molecule has 318 valence electrons. The van der Waals surface area contributed by atoms with Crippen molar-refractivity contribution in [3.05, 3.63) is 158 Å². The Labute approximate surface area is 362 Å². The number of fused-ring (bicyclic) bond motifs is 7. The zero-order chi connectivity index (χ0) is 42.5. The second kappa shape index (κ2) is 16.7. The Hall–Kier alpha value is -4.90. The topological polar surface area (TPSA) is 108 Å². The van der Waals surface area contributed by atoms with Crippen molar-refractivity contribution in [2.45, 2.75) is 76.1 Å². The number of hydrogen-bond donors (Lipinski definition) is 0. The van der Waals surface area contributed by atoms with E-state index in [0.717, 1.165) is 31.9 Å². The molecule has 2 fully saturated rings. The standard InChI is InChI=1S/C49H48O10P2Si/c1-48(2,3)62(33-20-8-6-9-21-33,34-22-10-7-11-23-34)50-32-43(58-60-54-39-28-16-12-24-35(39)36-25-13-17-29-40(36)55-60)44-45(46-47(51-44)53-49(4,5)52-46)59-61-56-41-30-18-14-26-37(41)38-27-15-19-31-42(38)57-61/h6-31,43-47H,32H2,1-5H3/t43-,44-,45+,46-,47-/m1/s1. The molecule has 13 heteroatoms. The predicted octanol–water partition coefficient (Wildman–Crippen LogP) is 11.6. The van der Waals surface area contributed by atoms with Crippen molar-refractivity contribution in [2.24, 2.45) is 0 Å². The third kappa shape index (κ3) is 7.77. The fraction of sp³-hybridized carbons (Fsp3) is 0.265. The van der Waals surface area contributed by atoms with Gasteiger partial charge in [-0.15, -0.1) is 0 Å². The van der Waals surface area contributed by atoms with Gasteiger partial charge in [0.05, 0.1) is 6.61 Å². The minimum absolute atomic E-state index is 0.0702. The Morgan fingerprint density at radius 2 is 0.984 bits per heavy atom. The molecule has 8 aromatic rings. The zero-order valence-corrected chi connectivity index (χ0v) is 37.9. The number of benzene rings is 6. The average Bonchev–Trinajstić information content (AvgIpc) is 3.61. The monoisotopic (exact) mass is 886 g/mol. The van der Waals surface area contributed by atoms with Gasteiger partial charge in [-0.2, -0.15) is 0 Å². The summed E-state index contributed by atoms with van der Waals surface area (Å²) in [6, 6.07) is 52.5. The molecule has 0 amide bonds. The summed E-state index contributed by atoms with van der Waals surface area (Å²) in [5.41, 5.74) is 2.56. The lowest BCUT2D eigenvalue weighted by molar-refractivity contribution is -0.220. The number of rotatable bonds is 10. The van der Waals surface area contributed by atoms with Crippen LogP contribution in [0.4, 0.5) is 0 Å². The lowest BCUT2D eigenvalue weighted by atomic mass is 10.1. The first-order chi connectivity index (χ1) is 30.1. The van der Waals surface area contributed by atoms with E-state index in [1.807, 2.05) is 123 Å². The number of para-hydroxylation sites is 4. The third-order valence-electron chi connectivity index (χ3n) is 11.5. The van der Waals surface area contributed by atoms with Gasteiger partial charge in [0.2, 0.25) is 0 Å². The predicted molar refractivity (Wildman–Crippen MR) is 246 cm³/mol. The largest absolute Gasteiger partial charge is 0.405 e. The summed E-state index contributed by atoms with van der Waals surface area (Å²) in [5, 5.41) is 5.53. The van der Waals surface area contributed by atoms with Crippen LogP contribution in [0.5, 0.6) is 0 Å². The Balaban J connectivity index is 1.13. The first-order valence-electron chi connectivity index (χ1n) is 20.8. The highest BCUT2D eigenvalue weighted by Crippen LogP contribution is 2.45. The van der Waals surface area contributed by atoms with E-state index in [-0.39, 0.29) is 11.6 Å². The van der Waals surface area contributed by atoms with Crippen molar-refractivity contribution < 1.29 is 44.5 Å². The van der Waals surface area contributed by atoms with E-state index in [2.05, 4.69) is 69.3 Å². The van der Waals surface area contributed by atoms with Crippen molar-refractivity contribution >= 4 is 79.0 Å². The van der Waals surface area contributed by atoms with Crippen LogP contribution in [0.1, 0.15) is 34.6 Å². The quantitative estimate of drug-likeness (QED) is 0.123. The molecule has 6 aromatic carbocycles. The highest BCUT2D eigenvalue weighted by Gasteiger charge is 2.59. The molecule has 2 aliphatic heterocycles. The summed E-state index contributed by atoms with van der Waals surface area (Å²) in [7, 11) is -7.28. The van der Waals surface area contributed by atoms with Crippen molar-refractivity contribution in [1.82, 2.24) is 0 Å². The van der Waals surface area contributed by atoms with E-state index in [0.29, 0.717) is 22.3 Å². The molecular weight excluding hydrogens is 839 g/mol. The Kier molecular flexibility index (Phi) is 11.1. The molecule has 0 aliphatic carbocycles. The van der Waals surface area contributed by atoms with Gasteiger partial charge >= 0.3 is 16.5 Å². The molecule has 2 aromatic heterocycles. The molecule has 0 saturated carbocycles. The van der Waals surface area contributed by atoms with E-state index in [1.165, 1.54) is 0 Å². The summed E-state index contributed by atoms with van der Waals surface area (Å²) in [5.74, 6) is -0.952. The van der Waals surface area contributed by atoms with Gasteiger partial charge in [0.1, 0.15) is 46.7 Å². The van der Waals surface area contributed by atoms with Crippen LogP contribution >= 0.6 is 16.5 Å². The van der Waals surface area contributed by atoms with Crippen molar-refractivity contribution in [2.75, 3.05) is 6.61 Å². The summed E-state index contributed by atoms with van der Waals surface area (Å²) in [6.45, 7) is 10.5. The van der Waals surface area contributed by atoms with Gasteiger partial charge in [0.15, 0.2) is 12.1 Å². The van der Waals surface area contributed by atoms with Crippen LogP contribution in [0.2, 0.25) is 5.04 Å². The second-order valence-corrected chi connectivity index (χ2v) is 23.4. The summed E-state index contributed by atoms with van der Waals surface area (Å²) >= 11 is 0. The molecule has 0 unspecified atom stereocenters. The van der Waals surface area contributed by atoms with Gasteiger partial charge in [-0.05, 0) is 53.5 Å². The highest BCUT2D eigenvalue weighted by atomic mass is 31.1. The molecule has 0 radical (unpaired) electrons. The maximum Gasteiger partial charge on any atom is 0.387 e. The SMILES string of the molecule is CC1(C)O[C@H]2O[C@H]([C@@H](CO[Si](c3ccccc3)(c3ccccc3)C(C)(C)C)Op3oc4ccccc4c4ccccc4o3)[C@H](Op3oc4ccccc4c4ccccc4o3)[C@H]2O1. The van der Waals surface area contributed by atoms with Crippen LogP contribution in [0, 0.1) is 0 Å². The van der Waals surface area contributed by atoms with E-state index < -0.39 is 61.3 Å². The fourth-order valence-electron chi connectivity index (χ4n) is 8.81. The Morgan fingerprint density at radius 1 is 0.565 bits per heavy atom.